The van der Waals surface area contributed by atoms with Gasteiger partial charge in [0.25, 0.3) is 0 Å². The van der Waals surface area contributed by atoms with Crippen LogP contribution in [0.1, 0.15) is 40.7 Å². The molecule has 7 nitrogen and oxygen atoms in total. The molecule has 0 radical (unpaired) electrons. The minimum atomic E-state index is -0.957. The first-order chi connectivity index (χ1) is 13.6. The van der Waals surface area contributed by atoms with Gasteiger partial charge in [0.2, 0.25) is 11.8 Å². The van der Waals surface area contributed by atoms with Crippen molar-refractivity contribution in [1.29, 1.82) is 0 Å². The van der Waals surface area contributed by atoms with Gasteiger partial charge in [-0.2, -0.15) is 0 Å². The molecule has 7 heteroatoms. The maximum absolute atomic E-state index is 12.1. The smallest absolute Gasteiger partial charge is 0.335 e. The van der Waals surface area contributed by atoms with Crippen molar-refractivity contribution in [3.63, 3.8) is 0 Å². The van der Waals surface area contributed by atoms with Crippen molar-refractivity contribution in [2.75, 3.05) is 13.2 Å². The second-order valence-corrected chi connectivity index (χ2v) is 6.71. The molecule has 1 aliphatic heterocycles. The number of carboxylic acid groups (broad SMARTS) is 1. The van der Waals surface area contributed by atoms with Crippen LogP contribution in [0.3, 0.4) is 0 Å². The van der Waals surface area contributed by atoms with E-state index in [1.807, 2.05) is 12.1 Å². The predicted molar refractivity (Wildman–Crippen MR) is 102 cm³/mol. The number of carbonyl (C=O) groups excluding carboxylic acids is 1. The van der Waals surface area contributed by atoms with Gasteiger partial charge in [0.15, 0.2) is 0 Å². The van der Waals surface area contributed by atoms with Crippen LogP contribution in [0.4, 0.5) is 0 Å². The Bertz CT molecular complexity index is 801. The van der Waals surface area contributed by atoms with Crippen molar-refractivity contribution in [3.8, 4) is 5.88 Å². The fourth-order valence-corrected chi connectivity index (χ4v) is 2.95. The molecule has 3 rings (SSSR count). The second kappa shape index (κ2) is 9.85. The maximum Gasteiger partial charge on any atom is 0.335 e. The Morgan fingerprint density at radius 3 is 2.61 bits per heavy atom. The van der Waals surface area contributed by atoms with Crippen molar-refractivity contribution in [2.45, 2.75) is 38.3 Å². The zero-order valence-corrected chi connectivity index (χ0v) is 15.6. The lowest BCUT2D eigenvalue weighted by molar-refractivity contribution is -0.121. The van der Waals surface area contributed by atoms with Gasteiger partial charge < -0.3 is 19.9 Å². The first kappa shape index (κ1) is 19.8. The number of nitrogens with one attached hydrogen (secondary N) is 1. The van der Waals surface area contributed by atoms with E-state index >= 15 is 0 Å². The van der Waals surface area contributed by atoms with Crippen molar-refractivity contribution in [2.24, 2.45) is 0 Å². The molecule has 1 saturated heterocycles. The molecule has 2 aromatic rings. The molecule has 28 heavy (non-hydrogen) atoms. The van der Waals surface area contributed by atoms with E-state index in [1.54, 1.807) is 30.5 Å². The van der Waals surface area contributed by atoms with Crippen LogP contribution in [0.15, 0.2) is 42.6 Å². The molecular formula is C21H24N2O5. The number of carboxylic acids is 1. The van der Waals surface area contributed by atoms with Crippen LogP contribution in [-0.2, 0) is 22.5 Å². The average Bonchev–Trinajstić information content (AvgIpc) is 2.72. The average molecular weight is 384 g/mol. The monoisotopic (exact) mass is 384 g/mol. The number of hydrogen-bond acceptors (Lipinski definition) is 5. The summed E-state index contributed by atoms with van der Waals surface area (Å²) in [6, 6.07) is 10.3. The number of rotatable bonds is 8. The Morgan fingerprint density at radius 1 is 1.14 bits per heavy atom. The van der Waals surface area contributed by atoms with Gasteiger partial charge in [0.1, 0.15) is 6.10 Å². The van der Waals surface area contributed by atoms with Gasteiger partial charge in [-0.25, -0.2) is 9.78 Å². The Morgan fingerprint density at radius 2 is 1.89 bits per heavy atom. The first-order valence-electron chi connectivity index (χ1n) is 9.38. The third kappa shape index (κ3) is 6.06. The van der Waals surface area contributed by atoms with Gasteiger partial charge >= 0.3 is 5.97 Å². The number of nitrogens with zero attached hydrogens (tertiary/aromatic N) is 1. The van der Waals surface area contributed by atoms with E-state index in [-0.39, 0.29) is 17.6 Å². The highest BCUT2D eigenvalue weighted by molar-refractivity contribution is 5.87. The second-order valence-electron chi connectivity index (χ2n) is 6.71. The zero-order valence-electron chi connectivity index (χ0n) is 15.6. The number of pyridine rings is 1. The SMILES string of the molecule is O=C(CCc1ccc(C(=O)O)cc1)NCc1ccnc(OC2CCOCC2)c1. The number of aromatic carboxylic acids is 1. The number of hydrogen-bond donors (Lipinski definition) is 2. The number of amides is 1. The molecule has 1 aliphatic rings. The molecule has 2 heterocycles. The summed E-state index contributed by atoms with van der Waals surface area (Å²) in [4.78, 5) is 27.2. The van der Waals surface area contributed by atoms with Gasteiger partial charge in [0.05, 0.1) is 18.8 Å². The van der Waals surface area contributed by atoms with Crippen LogP contribution in [0, 0.1) is 0 Å². The molecule has 1 amide bonds. The lowest BCUT2D eigenvalue weighted by Crippen LogP contribution is -2.26. The predicted octanol–water partition coefficient (Wildman–Crippen LogP) is 2.59. The highest BCUT2D eigenvalue weighted by Gasteiger charge is 2.16. The van der Waals surface area contributed by atoms with Crippen molar-refractivity contribution in [1.82, 2.24) is 10.3 Å². The van der Waals surface area contributed by atoms with E-state index in [0.29, 0.717) is 38.5 Å². The zero-order chi connectivity index (χ0) is 19.8. The van der Waals surface area contributed by atoms with Crippen molar-refractivity contribution < 1.29 is 24.2 Å². The van der Waals surface area contributed by atoms with Crippen molar-refractivity contribution in [3.05, 3.63) is 59.3 Å². The third-order valence-corrected chi connectivity index (χ3v) is 4.59. The third-order valence-electron chi connectivity index (χ3n) is 4.59. The van der Waals surface area contributed by atoms with Gasteiger partial charge in [0, 0.05) is 38.1 Å². The lowest BCUT2D eigenvalue weighted by atomic mass is 10.1. The highest BCUT2D eigenvalue weighted by atomic mass is 16.5. The molecule has 0 unspecified atom stereocenters. The normalized spacial score (nSPS) is 14.4. The molecule has 0 spiro atoms. The minimum absolute atomic E-state index is 0.0639. The summed E-state index contributed by atoms with van der Waals surface area (Å²) in [6.45, 7) is 1.82. The number of carbonyl (C=O) groups is 2. The van der Waals surface area contributed by atoms with E-state index in [1.165, 1.54) is 0 Å². The fraction of sp³-hybridized carbons (Fsp3) is 0.381. The molecule has 1 aromatic heterocycles. The highest BCUT2D eigenvalue weighted by Crippen LogP contribution is 2.17. The number of benzene rings is 1. The summed E-state index contributed by atoms with van der Waals surface area (Å²) in [6.07, 6.45) is 4.41. The van der Waals surface area contributed by atoms with Crippen LogP contribution in [0.5, 0.6) is 5.88 Å². The maximum atomic E-state index is 12.1. The fourth-order valence-electron chi connectivity index (χ4n) is 2.95. The molecule has 1 aromatic carbocycles. The molecule has 0 saturated carbocycles. The van der Waals surface area contributed by atoms with E-state index in [2.05, 4.69) is 10.3 Å². The van der Waals surface area contributed by atoms with Crippen LogP contribution < -0.4 is 10.1 Å². The van der Waals surface area contributed by atoms with E-state index in [0.717, 1.165) is 24.0 Å². The quantitative estimate of drug-likeness (QED) is 0.726. The molecule has 1 fully saturated rings. The number of aromatic nitrogens is 1. The van der Waals surface area contributed by atoms with Crippen LogP contribution in [0.25, 0.3) is 0 Å². The van der Waals surface area contributed by atoms with Gasteiger partial charge in [-0.05, 0) is 35.7 Å². The van der Waals surface area contributed by atoms with Crippen LogP contribution in [0.2, 0.25) is 0 Å². The topological polar surface area (TPSA) is 97.8 Å². The standard InChI is InChI=1S/C21H24N2O5/c24-19(6-3-15-1-4-17(5-2-15)21(25)26)23-14-16-7-10-22-20(13-16)28-18-8-11-27-12-9-18/h1-2,4-5,7,10,13,18H,3,6,8-9,11-12,14H2,(H,23,24)(H,25,26). The van der Waals surface area contributed by atoms with Crippen molar-refractivity contribution >= 4 is 11.9 Å². The van der Waals surface area contributed by atoms with Crippen LogP contribution in [-0.4, -0.2) is 41.3 Å². The molecular weight excluding hydrogens is 360 g/mol. The van der Waals surface area contributed by atoms with Gasteiger partial charge in [-0.15, -0.1) is 0 Å². The Kier molecular flexibility index (Phi) is 6.97. The van der Waals surface area contributed by atoms with E-state index in [4.69, 9.17) is 14.6 Å². The lowest BCUT2D eigenvalue weighted by Gasteiger charge is -2.22. The largest absolute Gasteiger partial charge is 0.478 e. The minimum Gasteiger partial charge on any atom is -0.478 e. The van der Waals surface area contributed by atoms with Crippen LogP contribution >= 0.6 is 0 Å². The summed E-state index contributed by atoms with van der Waals surface area (Å²) in [5, 5.41) is 11.8. The molecule has 0 atom stereocenters. The molecule has 2 N–H and O–H groups in total. The summed E-state index contributed by atoms with van der Waals surface area (Å²) >= 11 is 0. The first-order valence-corrected chi connectivity index (χ1v) is 9.38. The summed E-state index contributed by atoms with van der Waals surface area (Å²) in [7, 11) is 0. The molecule has 148 valence electrons. The Balaban J connectivity index is 1.43. The van der Waals surface area contributed by atoms with E-state index in [9.17, 15) is 9.59 Å². The Hall–Kier alpha value is -2.93. The number of ether oxygens (including phenoxy) is 2. The molecule has 0 bridgehead atoms. The van der Waals surface area contributed by atoms with E-state index < -0.39 is 5.97 Å². The summed E-state index contributed by atoms with van der Waals surface area (Å²) < 4.78 is 11.2. The van der Waals surface area contributed by atoms with Gasteiger partial charge in [-0.1, -0.05) is 12.1 Å². The van der Waals surface area contributed by atoms with Gasteiger partial charge in [-0.3, -0.25) is 4.79 Å². The summed E-state index contributed by atoms with van der Waals surface area (Å²) in [5.74, 6) is -0.454. The molecule has 0 aliphatic carbocycles. The Labute approximate surface area is 163 Å². The summed E-state index contributed by atoms with van der Waals surface area (Å²) in [5.41, 5.74) is 2.09. The number of aryl methyl sites for hydroxylation is 1.